The van der Waals surface area contributed by atoms with Crippen molar-refractivity contribution < 1.29 is 0 Å². The predicted molar refractivity (Wildman–Crippen MR) is 61.7 cm³/mol. The molecule has 1 N–H and O–H groups in total. The van der Waals surface area contributed by atoms with Crippen molar-refractivity contribution in [1.29, 1.82) is 0 Å². The number of nitrogens with one attached hydrogen (secondary N) is 1. The molecule has 0 atom stereocenters. The van der Waals surface area contributed by atoms with E-state index in [0.29, 0.717) is 5.17 Å². The van der Waals surface area contributed by atoms with Crippen molar-refractivity contribution in [2.24, 2.45) is 5.10 Å². The summed E-state index contributed by atoms with van der Waals surface area (Å²) in [4.78, 5) is 0. The minimum atomic E-state index is -0.0606. The van der Waals surface area contributed by atoms with E-state index in [1.807, 2.05) is 51.1 Å². The summed E-state index contributed by atoms with van der Waals surface area (Å²) in [6, 6.07) is 9.67. The fourth-order valence-corrected chi connectivity index (χ4v) is 1.03. The Labute approximate surface area is 90.0 Å². The van der Waals surface area contributed by atoms with Gasteiger partial charge in [-0.25, -0.2) is 0 Å². The Morgan fingerprint density at radius 1 is 1.21 bits per heavy atom. The number of halogens is 1. The van der Waals surface area contributed by atoms with E-state index in [4.69, 9.17) is 11.6 Å². The van der Waals surface area contributed by atoms with Crippen LogP contribution in [0.3, 0.4) is 0 Å². The van der Waals surface area contributed by atoms with Gasteiger partial charge < -0.3 is 5.43 Å². The van der Waals surface area contributed by atoms with Gasteiger partial charge >= 0.3 is 0 Å². The Balaban J connectivity index is 2.71. The van der Waals surface area contributed by atoms with Gasteiger partial charge in [-0.1, -0.05) is 41.9 Å². The molecule has 0 bridgehead atoms. The Morgan fingerprint density at radius 3 is 2.29 bits per heavy atom. The van der Waals surface area contributed by atoms with Crippen LogP contribution in [0.15, 0.2) is 35.4 Å². The van der Waals surface area contributed by atoms with Crippen LogP contribution in [0.2, 0.25) is 0 Å². The van der Waals surface area contributed by atoms with Crippen LogP contribution in [-0.4, -0.2) is 10.7 Å². The maximum atomic E-state index is 6.00. The number of hydrazone groups is 1. The maximum absolute atomic E-state index is 6.00. The zero-order valence-corrected chi connectivity index (χ0v) is 9.47. The first-order valence-electron chi connectivity index (χ1n) is 4.55. The van der Waals surface area contributed by atoms with Crippen molar-refractivity contribution in [2.75, 3.05) is 0 Å². The molecule has 1 aromatic carbocycles. The molecule has 0 saturated carbocycles. The average molecular weight is 211 g/mol. The lowest BCUT2D eigenvalue weighted by molar-refractivity contribution is 0.442. The standard InChI is InChI=1S/C11H15ClN2/c1-11(2,3)14-13-10(12)9-7-5-4-6-8-9/h4-8,14H,1-3H3/b13-10-. The molecule has 0 heterocycles. The molecule has 3 heteroatoms. The molecule has 1 aromatic rings. The monoisotopic (exact) mass is 210 g/mol. The van der Waals surface area contributed by atoms with Gasteiger partial charge in [0.1, 0.15) is 0 Å². The smallest absolute Gasteiger partial charge is 0.156 e. The van der Waals surface area contributed by atoms with Crippen LogP contribution in [0, 0.1) is 0 Å². The summed E-state index contributed by atoms with van der Waals surface area (Å²) in [7, 11) is 0. The van der Waals surface area contributed by atoms with E-state index in [9.17, 15) is 0 Å². The highest BCUT2D eigenvalue weighted by Crippen LogP contribution is 2.05. The van der Waals surface area contributed by atoms with Crippen molar-refractivity contribution in [2.45, 2.75) is 26.3 Å². The lowest BCUT2D eigenvalue weighted by atomic mass is 10.1. The number of nitrogens with zero attached hydrogens (tertiary/aromatic N) is 1. The predicted octanol–water partition coefficient (Wildman–Crippen LogP) is 2.98. The lowest BCUT2D eigenvalue weighted by Gasteiger charge is -2.17. The second-order valence-electron chi connectivity index (χ2n) is 4.13. The highest BCUT2D eigenvalue weighted by atomic mass is 35.5. The molecule has 0 aliphatic heterocycles. The Hall–Kier alpha value is -1.02. The van der Waals surface area contributed by atoms with Crippen LogP contribution < -0.4 is 5.43 Å². The molecule has 0 amide bonds. The first kappa shape index (κ1) is 11.1. The van der Waals surface area contributed by atoms with Crippen LogP contribution in [0.1, 0.15) is 26.3 Å². The summed E-state index contributed by atoms with van der Waals surface area (Å²) in [5, 5.41) is 4.58. The van der Waals surface area contributed by atoms with Gasteiger partial charge in [-0.3, -0.25) is 0 Å². The fraction of sp³-hybridized carbons (Fsp3) is 0.364. The van der Waals surface area contributed by atoms with E-state index >= 15 is 0 Å². The second-order valence-corrected chi connectivity index (χ2v) is 4.49. The molecule has 0 spiro atoms. The Bertz CT molecular complexity index is 312. The van der Waals surface area contributed by atoms with Crippen LogP contribution in [0.25, 0.3) is 0 Å². The molecule has 0 aliphatic rings. The average Bonchev–Trinajstić information content (AvgIpc) is 2.14. The van der Waals surface area contributed by atoms with Crippen molar-refractivity contribution in [3.8, 4) is 0 Å². The van der Waals surface area contributed by atoms with E-state index in [-0.39, 0.29) is 5.54 Å². The summed E-state index contributed by atoms with van der Waals surface area (Å²) in [5.41, 5.74) is 3.84. The van der Waals surface area contributed by atoms with Gasteiger partial charge in [0.05, 0.1) is 0 Å². The molecule has 1 rings (SSSR count). The van der Waals surface area contributed by atoms with Gasteiger partial charge in [0, 0.05) is 11.1 Å². The van der Waals surface area contributed by atoms with Gasteiger partial charge in [-0.15, -0.1) is 0 Å². The quantitative estimate of drug-likeness (QED) is 0.589. The van der Waals surface area contributed by atoms with E-state index < -0.39 is 0 Å². The number of hydrogen-bond donors (Lipinski definition) is 1. The molecule has 0 fully saturated rings. The third kappa shape index (κ3) is 3.79. The summed E-state index contributed by atoms with van der Waals surface area (Å²) in [6.45, 7) is 6.10. The van der Waals surface area contributed by atoms with Crippen molar-refractivity contribution in [3.63, 3.8) is 0 Å². The molecule has 0 unspecified atom stereocenters. The van der Waals surface area contributed by atoms with E-state index in [1.165, 1.54) is 0 Å². The van der Waals surface area contributed by atoms with Crippen molar-refractivity contribution >= 4 is 16.8 Å². The molecule has 0 aromatic heterocycles. The lowest BCUT2D eigenvalue weighted by Crippen LogP contribution is -2.31. The van der Waals surface area contributed by atoms with Gasteiger partial charge in [0.15, 0.2) is 5.17 Å². The third-order valence-electron chi connectivity index (χ3n) is 1.50. The summed E-state index contributed by atoms with van der Waals surface area (Å²) in [5.74, 6) is 0. The molecular formula is C11H15ClN2. The molecule has 0 aliphatic carbocycles. The van der Waals surface area contributed by atoms with Gasteiger partial charge in [0.2, 0.25) is 0 Å². The fourth-order valence-electron chi connectivity index (χ4n) is 0.857. The van der Waals surface area contributed by atoms with Gasteiger partial charge in [0.25, 0.3) is 0 Å². The highest BCUT2D eigenvalue weighted by Gasteiger charge is 2.07. The number of rotatable bonds is 2. The zero-order valence-electron chi connectivity index (χ0n) is 8.71. The summed E-state index contributed by atoms with van der Waals surface area (Å²) >= 11 is 6.00. The van der Waals surface area contributed by atoms with Gasteiger partial charge in [-0.05, 0) is 20.8 Å². The maximum Gasteiger partial charge on any atom is 0.156 e. The normalized spacial score (nSPS) is 12.7. The molecular weight excluding hydrogens is 196 g/mol. The van der Waals surface area contributed by atoms with E-state index in [2.05, 4.69) is 10.5 Å². The minimum Gasteiger partial charge on any atom is -0.303 e. The third-order valence-corrected chi connectivity index (χ3v) is 1.80. The molecule has 0 saturated heterocycles. The van der Waals surface area contributed by atoms with Crippen molar-refractivity contribution in [1.82, 2.24) is 5.43 Å². The van der Waals surface area contributed by atoms with Crippen LogP contribution in [0.5, 0.6) is 0 Å². The SMILES string of the molecule is CC(C)(C)N/N=C(\Cl)c1ccccc1. The highest BCUT2D eigenvalue weighted by molar-refractivity contribution is 6.69. The summed E-state index contributed by atoms with van der Waals surface area (Å²) < 4.78 is 0. The molecule has 2 nitrogen and oxygen atoms in total. The van der Waals surface area contributed by atoms with Gasteiger partial charge in [-0.2, -0.15) is 5.10 Å². The molecule has 14 heavy (non-hydrogen) atoms. The largest absolute Gasteiger partial charge is 0.303 e. The number of hydrogen-bond acceptors (Lipinski definition) is 2. The zero-order chi connectivity index (χ0) is 10.6. The van der Waals surface area contributed by atoms with Crippen LogP contribution >= 0.6 is 11.6 Å². The second kappa shape index (κ2) is 4.47. The van der Waals surface area contributed by atoms with Crippen molar-refractivity contribution in [3.05, 3.63) is 35.9 Å². The Morgan fingerprint density at radius 2 is 1.79 bits per heavy atom. The first-order chi connectivity index (χ1) is 6.49. The number of benzene rings is 1. The van der Waals surface area contributed by atoms with Crippen LogP contribution in [0.4, 0.5) is 0 Å². The van der Waals surface area contributed by atoms with Crippen LogP contribution in [-0.2, 0) is 0 Å². The molecule has 0 radical (unpaired) electrons. The molecule has 76 valence electrons. The summed E-state index contributed by atoms with van der Waals surface area (Å²) in [6.07, 6.45) is 0. The topological polar surface area (TPSA) is 24.4 Å². The minimum absolute atomic E-state index is 0.0606. The first-order valence-corrected chi connectivity index (χ1v) is 4.92. The Kier molecular flexibility index (Phi) is 3.53. The van der Waals surface area contributed by atoms with E-state index in [1.54, 1.807) is 0 Å². The van der Waals surface area contributed by atoms with E-state index in [0.717, 1.165) is 5.56 Å².